The van der Waals surface area contributed by atoms with Crippen molar-refractivity contribution in [1.29, 1.82) is 0 Å². The lowest BCUT2D eigenvalue weighted by molar-refractivity contribution is 0.525. The maximum atomic E-state index is 11.8. The summed E-state index contributed by atoms with van der Waals surface area (Å²) in [6, 6.07) is 6.08. The summed E-state index contributed by atoms with van der Waals surface area (Å²) >= 11 is 6.42. The number of nitrogens with zero attached hydrogens (tertiary/aromatic N) is 2. The van der Waals surface area contributed by atoms with Crippen LogP contribution in [0, 0.1) is 0 Å². The average molecular weight is 431 g/mol. The fourth-order valence-electron chi connectivity index (χ4n) is 3.99. The molecule has 2 heterocycles. The van der Waals surface area contributed by atoms with E-state index in [2.05, 4.69) is 23.0 Å². The molecule has 2 aromatic rings. The lowest BCUT2D eigenvalue weighted by Gasteiger charge is -2.21. The highest BCUT2D eigenvalue weighted by atomic mass is 35.5. The van der Waals surface area contributed by atoms with Gasteiger partial charge in [0.25, 0.3) is 0 Å². The molecule has 1 saturated carbocycles. The Hall–Kier alpha value is -1.12. The van der Waals surface area contributed by atoms with Gasteiger partial charge in [-0.3, -0.25) is 4.68 Å². The Labute approximate surface area is 171 Å². The van der Waals surface area contributed by atoms with Crippen molar-refractivity contribution in [3.05, 3.63) is 40.0 Å². The van der Waals surface area contributed by atoms with Crippen molar-refractivity contribution < 1.29 is 8.42 Å². The van der Waals surface area contributed by atoms with Crippen LogP contribution in [-0.4, -0.2) is 31.0 Å². The highest BCUT2D eigenvalue weighted by molar-refractivity contribution is 7.88. The summed E-state index contributed by atoms with van der Waals surface area (Å²) in [6.07, 6.45) is 3.68. The monoisotopic (exact) mass is 430 g/mol. The van der Waals surface area contributed by atoms with Crippen LogP contribution in [0.3, 0.4) is 0 Å². The van der Waals surface area contributed by atoms with Crippen molar-refractivity contribution in [3.8, 4) is 11.3 Å². The van der Waals surface area contributed by atoms with Gasteiger partial charge in [-0.05, 0) is 56.5 Å². The molecule has 2 N–H and O–H groups in total. The number of nitrogens with one attached hydrogen (secondary N) is 2. The van der Waals surface area contributed by atoms with Gasteiger partial charge in [-0.25, -0.2) is 13.1 Å². The van der Waals surface area contributed by atoms with Crippen molar-refractivity contribution >= 4 is 34.0 Å². The molecule has 2 aliphatic rings. The Kier molecular flexibility index (Phi) is 5.38. The minimum Gasteiger partial charge on any atom is -0.308 e. The zero-order valence-electron chi connectivity index (χ0n) is 15.5. The van der Waals surface area contributed by atoms with Crippen molar-refractivity contribution in [3.63, 3.8) is 0 Å². The van der Waals surface area contributed by atoms with Crippen LogP contribution in [0.25, 0.3) is 11.3 Å². The van der Waals surface area contributed by atoms with Crippen LogP contribution in [0.5, 0.6) is 0 Å². The predicted octanol–water partition coefficient (Wildman–Crippen LogP) is 2.91. The summed E-state index contributed by atoms with van der Waals surface area (Å²) in [6.45, 7) is 3.03. The number of fused-ring (bicyclic) bond motifs is 1. The molecule has 1 aromatic heterocycles. The van der Waals surface area contributed by atoms with Gasteiger partial charge in [-0.15, -0.1) is 12.4 Å². The van der Waals surface area contributed by atoms with Crippen molar-refractivity contribution in [2.45, 2.75) is 37.8 Å². The fraction of sp³-hybridized carbons (Fsp3) is 0.500. The predicted molar refractivity (Wildman–Crippen MR) is 110 cm³/mol. The van der Waals surface area contributed by atoms with Crippen LogP contribution in [-0.2, 0) is 29.0 Å². The second-order valence-corrected chi connectivity index (χ2v) is 9.63. The Morgan fingerprint density at radius 2 is 2.04 bits per heavy atom. The van der Waals surface area contributed by atoms with Crippen LogP contribution in [0.1, 0.15) is 42.6 Å². The summed E-state index contributed by atoms with van der Waals surface area (Å²) in [5.41, 5.74) is 4.76. The van der Waals surface area contributed by atoms with Gasteiger partial charge in [0.05, 0.1) is 23.2 Å². The number of hydrogen-bond donors (Lipinski definition) is 2. The third kappa shape index (κ3) is 3.89. The quantitative estimate of drug-likeness (QED) is 0.781. The first kappa shape index (κ1) is 20.6. The molecule has 6 nitrogen and oxygen atoms in total. The largest absolute Gasteiger partial charge is 0.308 e. The van der Waals surface area contributed by atoms with Gasteiger partial charge in [0, 0.05) is 29.2 Å². The molecular weight excluding hydrogens is 407 g/mol. The molecule has 1 fully saturated rings. The summed E-state index contributed by atoms with van der Waals surface area (Å²) in [5.74, 6) is 0. The van der Waals surface area contributed by atoms with E-state index in [1.165, 1.54) is 11.8 Å². The summed E-state index contributed by atoms with van der Waals surface area (Å²) in [5, 5.41) is 8.75. The first-order chi connectivity index (χ1) is 12.2. The van der Waals surface area contributed by atoms with Crippen molar-refractivity contribution in [1.82, 2.24) is 19.8 Å². The SMILES string of the molecule is CC1NCCc2c1nn(C)c2-c1cc(Cl)cc(C2(NS(C)(=O)=O)CC2)c1.Cl. The molecule has 4 rings (SSSR count). The molecule has 0 saturated heterocycles. The normalized spacial score (nSPS) is 20.7. The van der Waals surface area contributed by atoms with Gasteiger partial charge in [0.2, 0.25) is 10.0 Å². The smallest absolute Gasteiger partial charge is 0.209 e. The molecule has 0 spiro atoms. The van der Waals surface area contributed by atoms with Gasteiger partial charge in [0.15, 0.2) is 0 Å². The first-order valence-corrected chi connectivity index (χ1v) is 11.0. The number of aromatic nitrogens is 2. The lowest BCUT2D eigenvalue weighted by atomic mass is 9.95. The summed E-state index contributed by atoms with van der Waals surface area (Å²) < 4.78 is 28.2. The number of halogens is 2. The second kappa shape index (κ2) is 7.04. The fourth-order valence-corrected chi connectivity index (χ4v) is 5.25. The third-order valence-corrected chi connectivity index (χ3v) is 6.25. The molecule has 1 aliphatic carbocycles. The molecule has 0 bridgehead atoms. The van der Waals surface area contributed by atoms with Crippen LogP contribution in [0.4, 0.5) is 0 Å². The second-order valence-electron chi connectivity index (χ2n) is 7.45. The average Bonchev–Trinajstić information content (AvgIpc) is 3.20. The third-order valence-electron chi connectivity index (χ3n) is 5.27. The first-order valence-electron chi connectivity index (χ1n) is 8.78. The van der Waals surface area contributed by atoms with E-state index in [4.69, 9.17) is 16.7 Å². The van der Waals surface area contributed by atoms with Gasteiger partial charge in [-0.1, -0.05) is 11.6 Å². The van der Waals surface area contributed by atoms with E-state index in [-0.39, 0.29) is 18.4 Å². The molecule has 0 amide bonds. The van der Waals surface area contributed by atoms with Gasteiger partial charge < -0.3 is 5.32 Å². The molecule has 9 heteroatoms. The molecule has 1 atom stereocenters. The maximum absolute atomic E-state index is 11.8. The van der Waals surface area contributed by atoms with E-state index in [0.29, 0.717) is 5.02 Å². The Morgan fingerprint density at radius 3 is 2.67 bits per heavy atom. The molecule has 1 aliphatic heterocycles. The van der Waals surface area contributed by atoms with E-state index >= 15 is 0 Å². The van der Waals surface area contributed by atoms with E-state index in [0.717, 1.165) is 48.3 Å². The number of hydrogen-bond acceptors (Lipinski definition) is 4. The van der Waals surface area contributed by atoms with Crippen molar-refractivity contribution in [2.24, 2.45) is 7.05 Å². The summed E-state index contributed by atoms with van der Waals surface area (Å²) in [4.78, 5) is 0. The summed E-state index contributed by atoms with van der Waals surface area (Å²) in [7, 11) is -1.35. The van der Waals surface area contributed by atoms with E-state index in [1.807, 2.05) is 23.9 Å². The van der Waals surface area contributed by atoms with Crippen LogP contribution in [0.15, 0.2) is 18.2 Å². The maximum Gasteiger partial charge on any atom is 0.209 e. The van der Waals surface area contributed by atoms with Crippen LogP contribution in [0.2, 0.25) is 5.02 Å². The number of benzene rings is 1. The van der Waals surface area contributed by atoms with Crippen LogP contribution < -0.4 is 10.0 Å². The van der Waals surface area contributed by atoms with Crippen molar-refractivity contribution in [2.75, 3.05) is 12.8 Å². The van der Waals surface area contributed by atoms with E-state index in [9.17, 15) is 8.42 Å². The van der Waals surface area contributed by atoms with E-state index < -0.39 is 15.6 Å². The topological polar surface area (TPSA) is 76.0 Å². The zero-order valence-corrected chi connectivity index (χ0v) is 17.9. The Balaban J connectivity index is 0.00000210. The number of sulfonamides is 1. The van der Waals surface area contributed by atoms with Gasteiger partial charge >= 0.3 is 0 Å². The highest BCUT2D eigenvalue weighted by Gasteiger charge is 2.47. The molecule has 0 radical (unpaired) electrons. The number of rotatable bonds is 4. The molecule has 27 heavy (non-hydrogen) atoms. The van der Waals surface area contributed by atoms with Gasteiger partial charge in [0.1, 0.15) is 0 Å². The van der Waals surface area contributed by atoms with Gasteiger partial charge in [-0.2, -0.15) is 5.10 Å². The minimum atomic E-state index is -3.30. The molecule has 1 unspecified atom stereocenters. The number of aryl methyl sites for hydroxylation is 1. The standard InChI is InChI=1S/C18H23ClN4O2S.ClH/c1-11-16-15(4-7-20-11)17(23(2)21-16)12-8-13(10-14(19)9-12)18(5-6-18)22-26(3,24)25;/h8-11,20,22H,4-7H2,1-3H3;1H. The highest BCUT2D eigenvalue weighted by Crippen LogP contribution is 2.48. The minimum absolute atomic E-state index is 0. The molecule has 148 valence electrons. The molecular formula is C18H24Cl2N4O2S. The Morgan fingerprint density at radius 1 is 1.33 bits per heavy atom. The molecule has 1 aromatic carbocycles. The lowest BCUT2D eigenvalue weighted by Crippen LogP contribution is -2.33. The van der Waals surface area contributed by atoms with Crippen LogP contribution >= 0.6 is 24.0 Å². The zero-order chi connectivity index (χ0) is 18.7. The Bertz CT molecular complexity index is 983. The van der Waals surface area contributed by atoms with E-state index in [1.54, 1.807) is 0 Å².